The van der Waals surface area contributed by atoms with E-state index in [1.54, 1.807) is 19.4 Å². The first-order valence-corrected chi connectivity index (χ1v) is 7.58. The van der Waals surface area contributed by atoms with E-state index in [-0.39, 0.29) is 6.10 Å². The number of ether oxygens (including phenoxy) is 2. The van der Waals surface area contributed by atoms with Gasteiger partial charge in [0.15, 0.2) is 11.5 Å². The minimum absolute atomic E-state index is 0.0365. The molecule has 1 aliphatic rings. The van der Waals surface area contributed by atoms with Crippen LogP contribution in [-0.2, 0) is 0 Å². The number of methoxy groups -OCH3 is 1. The Labute approximate surface area is 135 Å². The zero-order chi connectivity index (χ0) is 16.1. The van der Waals surface area contributed by atoms with Gasteiger partial charge in [0.2, 0.25) is 5.95 Å². The van der Waals surface area contributed by atoms with E-state index in [1.165, 1.54) is 0 Å². The number of hydrogen-bond donors (Lipinski definition) is 0. The van der Waals surface area contributed by atoms with Crippen molar-refractivity contribution < 1.29 is 9.47 Å². The number of piperidine rings is 1. The maximum absolute atomic E-state index is 8.97. The minimum Gasteiger partial charge on any atom is -0.493 e. The Balaban J connectivity index is 1.72. The van der Waals surface area contributed by atoms with Crippen molar-refractivity contribution in [3.63, 3.8) is 0 Å². The Hall–Kier alpha value is -2.81. The molecule has 1 unspecified atom stereocenters. The second-order valence-corrected chi connectivity index (χ2v) is 5.33. The van der Waals surface area contributed by atoms with Gasteiger partial charge < -0.3 is 14.4 Å². The van der Waals surface area contributed by atoms with Crippen molar-refractivity contribution in [3.8, 4) is 17.6 Å². The fraction of sp³-hybridized carbons (Fsp3) is 0.353. The zero-order valence-electron chi connectivity index (χ0n) is 13.0. The molecule has 2 aromatic rings. The number of hydrogen-bond acceptors (Lipinski definition) is 6. The Morgan fingerprint density at radius 1 is 1.26 bits per heavy atom. The summed E-state index contributed by atoms with van der Waals surface area (Å²) in [5, 5.41) is 8.97. The molecule has 1 fully saturated rings. The van der Waals surface area contributed by atoms with E-state index in [1.807, 2.05) is 30.3 Å². The number of rotatable bonds is 4. The lowest BCUT2D eigenvalue weighted by Crippen LogP contribution is -2.42. The van der Waals surface area contributed by atoms with Crippen LogP contribution in [0.4, 0.5) is 5.95 Å². The van der Waals surface area contributed by atoms with Gasteiger partial charge in [-0.05, 0) is 31.0 Å². The summed E-state index contributed by atoms with van der Waals surface area (Å²) < 4.78 is 11.4. The highest BCUT2D eigenvalue weighted by Gasteiger charge is 2.24. The van der Waals surface area contributed by atoms with E-state index in [9.17, 15) is 0 Å². The summed E-state index contributed by atoms with van der Waals surface area (Å²) in [5.41, 5.74) is 0.378. The summed E-state index contributed by atoms with van der Waals surface area (Å²) in [6.07, 6.45) is 3.60. The molecule has 0 bridgehead atoms. The Kier molecular flexibility index (Phi) is 4.57. The second kappa shape index (κ2) is 6.97. The predicted molar refractivity (Wildman–Crippen MR) is 85.6 cm³/mol. The molecule has 1 aromatic carbocycles. The van der Waals surface area contributed by atoms with Gasteiger partial charge in [-0.3, -0.25) is 0 Å². The molecule has 2 heterocycles. The van der Waals surface area contributed by atoms with Gasteiger partial charge in [-0.2, -0.15) is 5.26 Å². The molecule has 0 amide bonds. The Morgan fingerprint density at radius 2 is 2.09 bits per heavy atom. The quantitative estimate of drug-likeness (QED) is 0.863. The first-order chi connectivity index (χ1) is 11.3. The van der Waals surface area contributed by atoms with Crippen LogP contribution in [0.3, 0.4) is 0 Å². The topological polar surface area (TPSA) is 71.3 Å². The van der Waals surface area contributed by atoms with Crippen LogP contribution in [0.1, 0.15) is 18.5 Å². The molecular formula is C17H18N4O2. The van der Waals surface area contributed by atoms with Crippen molar-refractivity contribution in [2.45, 2.75) is 18.9 Å². The summed E-state index contributed by atoms with van der Waals surface area (Å²) in [5.74, 6) is 2.05. The van der Waals surface area contributed by atoms with Crippen LogP contribution in [-0.4, -0.2) is 36.3 Å². The Morgan fingerprint density at radius 3 is 2.87 bits per heavy atom. The molecule has 0 saturated carbocycles. The standard InChI is InChI=1S/C17H18N4O2/c1-22-15-6-2-3-7-16(15)23-14-5-4-10-21(12-14)17-19-9-8-13(11-18)20-17/h2-3,6-9,14H,4-5,10,12H2,1H3. The van der Waals surface area contributed by atoms with Gasteiger partial charge in [-0.25, -0.2) is 9.97 Å². The molecule has 118 valence electrons. The fourth-order valence-electron chi connectivity index (χ4n) is 2.67. The van der Waals surface area contributed by atoms with Crippen LogP contribution in [0.25, 0.3) is 0 Å². The zero-order valence-corrected chi connectivity index (χ0v) is 13.0. The average molecular weight is 310 g/mol. The van der Waals surface area contributed by atoms with Gasteiger partial charge in [0, 0.05) is 12.7 Å². The van der Waals surface area contributed by atoms with E-state index in [2.05, 4.69) is 14.9 Å². The molecule has 6 nitrogen and oxygen atoms in total. The molecule has 0 spiro atoms. The molecule has 1 atom stereocenters. The molecule has 0 aliphatic carbocycles. The third-order valence-electron chi connectivity index (χ3n) is 3.78. The lowest BCUT2D eigenvalue weighted by atomic mass is 10.1. The van der Waals surface area contributed by atoms with Gasteiger partial charge in [0.1, 0.15) is 17.9 Å². The van der Waals surface area contributed by atoms with Crippen LogP contribution in [0.2, 0.25) is 0 Å². The summed E-state index contributed by atoms with van der Waals surface area (Å²) in [4.78, 5) is 10.6. The van der Waals surface area contributed by atoms with Crippen molar-refractivity contribution in [3.05, 3.63) is 42.2 Å². The highest BCUT2D eigenvalue weighted by atomic mass is 16.5. The largest absolute Gasteiger partial charge is 0.493 e. The highest BCUT2D eigenvalue weighted by Crippen LogP contribution is 2.29. The smallest absolute Gasteiger partial charge is 0.226 e. The average Bonchev–Trinajstić information content (AvgIpc) is 2.62. The van der Waals surface area contributed by atoms with Gasteiger partial charge in [-0.15, -0.1) is 0 Å². The molecule has 23 heavy (non-hydrogen) atoms. The van der Waals surface area contributed by atoms with Crippen LogP contribution < -0.4 is 14.4 Å². The molecule has 3 rings (SSSR count). The number of nitriles is 1. The molecule has 1 saturated heterocycles. The molecule has 1 aromatic heterocycles. The van der Waals surface area contributed by atoms with E-state index >= 15 is 0 Å². The third-order valence-corrected chi connectivity index (χ3v) is 3.78. The molecule has 6 heteroatoms. The molecule has 0 N–H and O–H groups in total. The second-order valence-electron chi connectivity index (χ2n) is 5.33. The monoisotopic (exact) mass is 310 g/mol. The number of benzene rings is 1. The molecular weight excluding hydrogens is 292 g/mol. The summed E-state index contributed by atoms with van der Waals surface area (Å²) in [6.45, 7) is 1.55. The van der Waals surface area contributed by atoms with Gasteiger partial charge >= 0.3 is 0 Å². The first kappa shape index (κ1) is 15.1. The van der Waals surface area contributed by atoms with E-state index < -0.39 is 0 Å². The van der Waals surface area contributed by atoms with Crippen LogP contribution in [0, 0.1) is 11.3 Å². The van der Waals surface area contributed by atoms with Crippen LogP contribution in [0.5, 0.6) is 11.5 Å². The van der Waals surface area contributed by atoms with Crippen molar-refractivity contribution in [1.82, 2.24) is 9.97 Å². The van der Waals surface area contributed by atoms with Gasteiger partial charge in [0.05, 0.1) is 13.7 Å². The number of para-hydroxylation sites is 2. The van der Waals surface area contributed by atoms with Gasteiger partial charge in [0.25, 0.3) is 0 Å². The maximum Gasteiger partial charge on any atom is 0.226 e. The highest BCUT2D eigenvalue weighted by molar-refractivity contribution is 5.40. The van der Waals surface area contributed by atoms with E-state index in [0.717, 1.165) is 30.9 Å². The third kappa shape index (κ3) is 3.51. The van der Waals surface area contributed by atoms with Crippen LogP contribution in [0.15, 0.2) is 36.5 Å². The molecule has 0 radical (unpaired) electrons. The summed E-state index contributed by atoms with van der Waals surface area (Å²) >= 11 is 0. The lowest BCUT2D eigenvalue weighted by molar-refractivity contribution is 0.172. The van der Waals surface area contributed by atoms with Crippen molar-refractivity contribution in [1.29, 1.82) is 5.26 Å². The predicted octanol–water partition coefficient (Wildman–Crippen LogP) is 2.40. The van der Waals surface area contributed by atoms with Crippen molar-refractivity contribution in [2.24, 2.45) is 0 Å². The van der Waals surface area contributed by atoms with E-state index in [4.69, 9.17) is 14.7 Å². The normalized spacial score (nSPS) is 17.4. The Bertz CT molecular complexity index is 714. The minimum atomic E-state index is 0.0365. The first-order valence-electron chi connectivity index (χ1n) is 7.58. The van der Waals surface area contributed by atoms with Crippen molar-refractivity contribution >= 4 is 5.95 Å². The van der Waals surface area contributed by atoms with Crippen molar-refractivity contribution in [2.75, 3.05) is 25.1 Å². The summed E-state index contributed by atoms with van der Waals surface area (Å²) in [7, 11) is 1.64. The number of nitrogens with zero attached hydrogens (tertiary/aromatic N) is 4. The summed E-state index contributed by atoms with van der Waals surface area (Å²) in [6, 6.07) is 11.3. The SMILES string of the molecule is COc1ccccc1OC1CCCN(c2nccc(C#N)n2)C1. The number of aromatic nitrogens is 2. The van der Waals surface area contributed by atoms with Crippen LogP contribution >= 0.6 is 0 Å². The molecule has 1 aliphatic heterocycles. The van der Waals surface area contributed by atoms with Gasteiger partial charge in [-0.1, -0.05) is 12.1 Å². The number of anilines is 1. The lowest BCUT2D eigenvalue weighted by Gasteiger charge is -2.33. The fourth-order valence-corrected chi connectivity index (χ4v) is 2.67. The van der Waals surface area contributed by atoms with E-state index in [0.29, 0.717) is 18.2 Å². The maximum atomic E-state index is 8.97.